The van der Waals surface area contributed by atoms with Crippen molar-refractivity contribution in [2.75, 3.05) is 5.32 Å². The molecule has 0 aliphatic carbocycles. The highest BCUT2D eigenvalue weighted by molar-refractivity contribution is 6.03. The second-order valence-electron chi connectivity index (χ2n) is 4.93. The number of primary amides is 1. The van der Waals surface area contributed by atoms with Gasteiger partial charge < -0.3 is 16.2 Å². The summed E-state index contributed by atoms with van der Waals surface area (Å²) >= 11 is 0. The third-order valence-electron chi connectivity index (χ3n) is 3.77. The van der Waals surface area contributed by atoms with Gasteiger partial charge in [0.1, 0.15) is 0 Å². The number of anilines is 1. The van der Waals surface area contributed by atoms with Gasteiger partial charge in [-0.3, -0.25) is 14.4 Å². The Bertz CT molecular complexity index is 550. The molecule has 0 spiro atoms. The number of hydrogen-bond acceptors (Lipinski definition) is 3. The Balaban J connectivity index is 2.92. The van der Waals surface area contributed by atoms with E-state index in [0.29, 0.717) is 18.5 Å². The lowest BCUT2D eigenvalue weighted by Crippen LogP contribution is -2.34. The maximum absolute atomic E-state index is 12.1. The molecule has 1 rings (SSSR count). The van der Waals surface area contributed by atoms with E-state index in [9.17, 15) is 19.5 Å². The predicted molar refractivity (Wildman–Crippen MR) is 78.9 cm³/mol. The number of carbonyl (C=O) groups excluding carboxylic acids is 2. The maximum Gasteiger partial charge on any atom is 0.310 e. The van der Waals surface area contributed by atoms with E-state index >= 15 is 0 Å². The summed E-state index contributed by atoms with van der Waals surface area (Å²) in [6.45, 7) is 3.48. The summed E-state index contributed by atoms with van der Waals surface area (Å²) < 4.78 is 0. The molecule has 0 radical (unpaired) electrons. The third kappa shape index (κ3) is 3.81. The Hall–Kier alpha value is -2.37. The molecule has 1 aromatic rings. The minimum Gasteiger partial charge on any atom is -0.481 e. The van der Waals surface area contributed by atoms with Gasteiger partial charge in [0.05, 0.1) is 16.7 Å². The quantitative estimate of drug-likeness (QED) is 0.714. The van der Waals surface area contributed by atoms with E-state index in [-0.39, 0.29) is 12.0 Å². The first-order chi connectivity index (χ1) is 9.86. The average molecular weight is 292 g/mol. The van der Waals surface area contributed by atoms with Gasteiger partial charge in [-0.25, -0.2) is 0 Å². The Labute approximate surface area is 123 Å². The second kappa shape index (κ2) is 6.88. The Morgan fingerprint density at radius 3 is 2.24 bits per heavy atom. The zero-order valence-electron chi connectivity index (χ0n) is 12.2. The van der Waals surface area contributed by atoms with Crippen molar-refractivity contribution >= 4 is 23.5 Å². The van der Waals surface area contributed by atoms with E-state index in [1.165, 1.54) is 6.07 Å². The molecule has 0 saturated heterocycles. The van der Waals surface area contributed by atoms with Crippen LogP contribution in [0.1, 0.15) is 43.5 Å². The highest BCUT2D eigenvalue weighted by Gasteiger charge is 2.37. The zero-order valence-corrected chi connectivity index (χ0v) is 12.2. The monoisotopic (exact) mass is 292 g/mol. The van der Waals surface area contributed by atoms with E-state index in [2.05, 4.69) is 5.32 Å². The lowest BCUT2D eigenvalue weighted by atomic mass is 9.79. The molecule has 6 heteroatoms. The standard InChI is InChI=1S/C15H20N2O4/c1-3-15(4-2,14(20)21)9-12(18)17-11-8-6-5-7-10(11)13(16)19/h5-8H,3-4,9H2,1-2H3,(H2,16,19)(H,17,18)(H,20,21). The van der Waals surface area contributed by atoms with Gasteiger partial charge in [-0.2, -0.15) is 0 Å². The third-order valence-corrected chi connectivity index (χ3v) is 3.77. The largest absolute Gasteiger partial charge is 0.481 e. The van der Waals surface area contributed by atoms with Crippen LogP contribution in [0.4, 0.5) is 5.69 Å². The number of nitrogens with two attached hydrogens (primary N) is 1. The summed E-state index contributed by atoms with van der Waals surface area (Å²) in [5.74, 6) is -2.10. The van der Waals surface area contributed by atoms with Crippen LogP contribution in [0, 0.1) is 5.41 Å². The summed E-state index contributed by atoms with van der Waals surface area (Å²) in [4.78, 5) is 34.8. The first-order valence-electron chi connectivity index (χ1n) is 6.78. The van der Waals surface area contributed by atoms with Crippen LogP contribution < -0.4 is 11.1 Å². The molecule has 0 aliphatic rings. The molecule has 6 nitrogen and oxygen atoms in total. The lowest BCUT2D eigenvalue weighted by molar-refractivity contribution is -0.151. The average Bonchev–Trinajstić information content (AvgIpc) is 2.44. The van der Waals surface area contributed by atoms with E-state index in [1.54, 1.807) is 32.0 Å². The Morgan fingerprint density at radius 1 is 1.19 bits per heavy atom. The molecule has 0 aromatic heterocycles. The molecule has 0 heterocycles. The molecule has 21 heavy (non-hydrogen) atoms. The summed E-state index contributed by atoms with van der Waals surface area (Å²) in [6, 6.07) is 6.35. The number of amides is 2. The number of para-hydroxylation sites is 1. The fourth-order valence-electron chi connectivity index (χ4n) is 2.19. The Kier molecular flexibility index (Phi) is 5.46. The fraction of sp³-hybridized carbons (Fsp3) is 0.400. The van der Waals surface area contributed by atoms with Crippen LogP contribution >= 0.6 is 0 Å². The van der Waals surface area contributed by atoms with Crippen LogP contribution in [0.2, 0.25) is 0 Å². The molecular weight excluding hydrogens is 272 g/mol. The normalized spacial score (nSPS) is 11.0. The molecule has 0 saturated carbocycles. The van der Waals surface area contributed by atoms with Crippen molar-refractivity contribution in [3.63, 3.8) is 0 Å². The van der Waals surface area contributed by atoms with Crippen LogP contribution in [0.15, 0.2) is 24.3 Å². The number of benzene rings is 1. The Morgan fingerprint density at radius 2 is 1.76 bits per heavy atom. The zero-order chi connectivity index (χ0) is 16.0. The summed E-state index contributed by atoms with van der Waals surface area (Å²) in [7, 11) is 0. The minimum absolute atomic E-state index is 0.150. The molecule has 0 bridgehead atoms. The second-order valence-corrected chi connectivity index (χ2v) is 4.93. The first kappa shape index (κ1) is 16.7. The van der Waals surface area contributed by atoms with Crippen molar-refractivity contribution in [2.24, 2.45) is 11.1 Å². The van der Waals surface area contributed by atoms with Crippen molar-refractivity contribution in [1.29, 1.82) is 0 Å². The van der Waals surface area contributed by atoms with E-state index in [0.717, 1.165) is 0 Å². The molecule has 1 aromatic carbocycles. The van der Waals surface area contributed by atoms with E-state index in [1.807, 2.05) is 0 Å². The van der Waals surface area contributed by atoms with Crippen LogP contribution in [0.5, 0.6) is 0 Å². The van der Waals surface area contributed by atoms with Crippen molar-refractivity contribution in [1.82, 2.24) is 0 Å². The van der Waals surface area contributed by atoms with Crippen molar-refractivity contribution in [3.8, 4) is 0 Å². The molecule has 0 atom stereocenters. The summed E-state index contributed by atoms with van der Waals surface area (Å²) in [6.07, 6.45) is 0.551. The summed E-state index contributed by atoms with van der Waals surface area (Å²) in [5, 5.41) is 11.9. The molecule has 0 aliphatic heterocycles. The highest BCUT2D eigenvalue weighted by Crippen LogP contribution is 2.31. The van der Waals surface area contributed by atoms with Gasteiger partial charge in [-0.1, -0.05) is 26.0 Å². The van der Waals surface area contributed by atoms with Gasteiger partial charge in [-0.05, 0) is 25.0 Å². The van der Waals surface area contributed by atoms with Gasteiger partial charge in [0, 0.05) is 6.42 Å². The smallest absolute Gasteiger partial charge is 0.310 e. The number of carboxylic acid groups (broad SMARTS) is 1. The van der Waals surface area contributed by atoms with Gasteiger partial charge >= 0.3 is 5.97 Å². The molecule has 2 amide bonds. The number of carboxylic acids is 1. The number of aliphatic carboxylic acids is 1. The predicted octanol–water partition coefficient (Wildman–Crippen LogP) is 2.01. The fourth-order valence-corrected chi connectivity index (χ4v) is 2.19. The van der Waals surface area contributed by atoms with Crippen molar-refractivity contribution in [3.05, 3.63) is 29.8 Å². The topological polar surface area (TPSA) is 109 Å². The first-order valence-corrected chi connectivity index (χ1v) is 6.78. The summed E-state index contributed by atoms with van der Waals surface area (Å²) in [5.41, 5.74) is 4.63. The molecule has 0 fully saturated rings. The van der Waals surface area contributed by atoms with Gasteiger partial charge in [0.2, 0.25) is 5.91 Å². The number of rotatable bonds is 7. The van der Waals surface area contributed by atoms with Crippen LogP contribution in [0.25, 0.3) is 0 Å². The van der Waals surface area contributed by atoms with E-state index in [4.69, 9.17) is 5.73 Å². The maximum atomic E-state index is 12.1. The van der Waals surface area contributed by atoms with Gasteiger partial charge in [0.25, 0.3) is 5.91 Å². The van der Waals surface area contributed by atoms with Gasteiger partial charge in [-0.15, -0.1) is 0 Å². The molecule has 114 valence electrons. The highest BCUT2D eigenvalue weighted by atomic mass is 16.4. The minimum atomic E-state index is -1.09. The number of nitrogens with one attached hydrogen (secondary N) is 1. The van der Waals surface area contributed by atoms with E-state index < -0.39 is 23.2 Å². The van der Waals surface area contributed by atoms with Gasteiger partial charge in [0.15, 0.2) is 0 Å². The van der Waals surface area contributed by atoms with Crippen LogP contribution in [-0.4, -0.2) is 22.9 Å². The van der Waals surface area contributed by atoms with Crippen molar-refractivity contribution in [2.45, 2.75) is 33.1 Å². The van der Waals surface area contributed by atoms with Crippen molar-refractivity contribution < 1.29 is 19.5 Å². The van der Waals surface area contributed by atoms with Crippen LogP contribution in [0.3, 0.4) is 0 Å². The SMILES string of the molecule is CCC(CC)(CC(=O)Nc1ccccc1C(N)=O)C(=O)O. The number of hydrogen-bond donors (Lipinski definition) is 3. The molecule has 4 N–H and O–H groups in total. The molecule has 0 unspecified atom stereocenters. The van der Waals surface area contributed by atoms with Crippen LogP contribution in [-0.2, 0) is 9.59 Å². The molecular formula is C15H20N2O4. The number of carbonyl (C=O) groups is 3. The lowest BCUT2D eigenvalue weighted by Gasteiger charge is -2.26.